The third kappa shape index (κ3) is 5.70. The van der Waals surface area contributed by atoms with Crippen molar-refractivity contribution in [3.63, 3.8) is 0 Å². The van der Waals surface area contributed by atoms with Crippen molar-refractivity contribution >= 4 is 15.7 Å². The predicted molar refractivity (Wildman–Crippen MR) is 71.7 cm³/mol. The monoisotopic (exact) mass is 256 g/mol. The molecular weight excluding hydrogens is 236 g/mol. The topological polar surface area (TPSA) is 58.2 Å². The van der Waals surface area contributed by atoms with Crippen LogP contribution in [0.5, 0.6) is 0 Å². The van der Waals surface area contributed by atoms with Gasteiger partial charge in [-0.3, -0.25) is 4.72 Å². The highest BCUT2D eigenvalue weighted by Crippen LogP contribution is 2.11. The lowest BCUT2D eigenvalue weighted by Gasteiger charge is -2.10. The van der Waals surface area contributed by atoms with Gasteiger partial charge in [-0.1, -0.05) is 26.0 Å². The van der Waals surface area contributed by atoms with E-state index in [2.05, 4.69) is 10.0 Å². The van der Waals surface area contributed by atoms with Crippen molar-refractivity contribution in [1.82, 2.24) is 5.32 Å². The van der Waals surface area contributed by atoms with Crippen molar-refractivity contribution in [3.05, 3.63) is 29.8 Å². The summed E-state index contributed by atoms with van der Waals surface area (Å²) in [4.78, 5) is 0. The number of rotatable bonds is 6. The fourth-order valence-electron chi connectivity index (χ4n) is 1.42. The molecule has 0 spiro atoms. The Hall–Kier alpha value is -1.07. The molecular formula is C12H20N2O2S. The maximum Gasteiger partial charge on any atom is 0.233 e. The second-order valence-electron chi connectivity index (χ2n) is 4.40. The Morgan fingerprint density at radius 3 is 2.59 bits per heavy atom. The maximum atomic E-state index is 11.7. The van der Waals surface area contributed by atoms with Gasteiger partial charge in [-0.25, -0.2) is 8.42 Å². The van der Waals surface area contributed by atoms with Crippen LogP contribution in [0, 0.1) is 6.92 Å². The van der Waals surface area contributed by atoms with Crippen LogP contribution in [-0.2, 0) is 10.0 Å². The number of aryl methyl sites for hydroxylation is 1. The first-order chi connectivity index (χ1) is 7.89. The summed E-state index contributed by atoms with van der Waals surface area (Å²) in [6, 6.07) is 7.62. The fourth-order valence-corrected chi connectivity index (χ4v) is 2.40. The highest BCUT2D eigenvalue weighted by Gasteiger charge is 2.10. The minimum absolute atomic E-state index is 0.0825. The highest BCUT2D eigenvalue weighted by atomic mass is 32.2. The third-order valence-electron chi connectivity index (χ3n) is 2.21. The molecule has 0 saturated heterocycles. The number of hydrogen-bond donors (Lipinski definition) is 2. The van der Waals surface area contributed by atoms with Gasteiger partial charge < -0.3 is 5.32 Å². The highest BCUT2D eigenvalue weighted by molar-refractivity contribution is 7.92. The Morgan fingerprint density at radius 1 is 1.29 bits per heavy atom. The molecule has 0 fully saturated rings. The van der Waals surface area contributed by atoms with E-state index in [1.54, 1.807) is 6.07 Å². The van der Waals surface area contributed by atoms with E-state index in [1.807, 2.05) is 39.0 Å². The first kappa shape index (κ1) is 14.0. The Kier molecular flexibility index (Phi) is 4.96. The number of sulfonamides is 1. The van der Waals surface area contributed by atoms with Gasteiger partial charge in [0.15, 0.2) is 0 Å². The molecule has 0 aliphatic carbocycles. The molecule has 0 atom stereocenters. The molecule has 1 aromatic carbocycles. The Morgan fingerprint density at radius 2 is 2.00 bits per heavy atom. The van der Waals surface area contributed by atoms with E-state index in [0.29, 0.717) is 18.3 Å². The maximum absolute atomic E-state index is 11.7. The van der Waals surface area contributed by atoms with Gasteiger partial charge in [0.1, 0.15) is 0 Å². The van der Waals surface area contributed by atoms with Crippen LogP contribution in [-0.4, -0.2) is 26.8 Å². The summed E-state index contributed by atoms with van der Waals surface area (Å²) in [5.74, 6) is 0.0825. The minimum atomic E-state index is -3.26. The van der Waals surface area contributed by atoms with Gasteiger partial charge in [0.25, 0.3) is 0 Å². The largest absolute Gasteiger partial charge is 0.313 e. The number of benzene rings is 1. The van der Waals surface area contributed by atoms with Gasteiger partial charge in [0, 0.05) is 18.3 Å². The van der Waals surface area contributed by atoms with Gasteiger partial charge in [-0.2, -0.15) is 0 Å². The molecule has 1 aromatic rings. The summed E-state index contributed by atoms with van der Waals surface area (Å²) in [6.07, 6.45) is 0. The molecule has 5 heteroatoms. The van der Waals surface area contributed by atoms with Crippen LogP contribution in [0.1, 0.15) is 19.4 Å². The standard InChI is InChI=1S/C12H20N2O2S/c1-10(2)13-7-8-17(15,16)14-12-6-4-5-11(3)9-12/h4-6,9-10,13-14H,7-8H2,1-3H3. The van der Waals surface area contributed by atoms with Crippen molar-refractivity contribution < 1.29 is 8.42 Å². The van der Waals surface area contributed by atoms with Crippen LogP contribution in [0.4, 0.5) is 5.69 Å². The van der Waals surface area contributed by atoms with Crippen molar-refractivity contribution in [2.75, 3.05) is 17.0 Å². The zero-order valence-corrected chi connectivity index (χ0v) is 11.3. The average molecular weight is 256 g/mol. The zero-order valence-electron chi connectivity index (χ0n) is 10.5. The van der Waals surface area contributed by atoms with E-state index in [-0.39, 0.29) is 5.75 Å². The van der Waals surface area contributed by atoms with Crippen LogP contribution in [0.2, 0.25) is 0 Å². The molecule has 0 unspecified atom stereocenters. The van der Waals surface area contributed by atoms with E-state index in [9.17, 15) is 8.42 Å². The van der Waals surface area contributed by atoms with E-state index in [1.165, 1.54) is 0 Å². The fraction of sp³-hybridized carbons (Fsp3) is 0.500. The molecule has 0 radical (unpaired) electrons. The zero-order chi connectivity index (χ0) is 12.9. The number of anilines is 1. The predicted octanol–water partition coefficient (Wildman–Crippen LogP) is 1.73. The van der Waals surface area contributed by atoms with Crippen molar-refractivity contribution in [3.8, 4) is 0 Å². The summed E-state index contributed by atoms with van der Waals surface area (Å²) < 4.78 is 26.0. The van der Waals surface area contributed by atoms with Gasteiger partial charge in [0.2, 0.25) is 10.0 Å². The van der Waals surface area contributed by atoms with Crippen molar-refractivity contribution in [2.45, 2.75) is 26.8 Å². The van der Waals surface area contributed by atoms with E-state index in [4.69, 9.17) is 0 Å². The van der Waals surface area contributed by atoms with Crippen LogP contribution in [0.25, 0.3) is 0 Å². The van der Waals surface area contributed by atoms with Crippen LogP contribution < -0.4 is 10.0 Å². The molecule has 0 heterocycles. The summed E-state index contributed by atoms with van der Waals surface area (Å²) in [7, 11) is -3.26. The lowest BCUT2D eigenvalue weighted by atomic mass is 10.2. The second kappa shape index (κ2) is 6.02. The molecule has 0 aromatic heterocycles. The lowest BCUT2D eigenvalue weighted by Crippen LogP contribution is -2.30. The normalized spacial score (nSPS) is 11.8. The molecule has 0 aliphatic heterocycles. The van der Waals surface area contributed by atoms with E-state index >= 15 is 0 Å². The molecule has 4 nitrogen and oxygen atoms in total. The summed E-state index contributed by atoms with van der Waals surface area (Å²) in [6.45, 7) is 6.36. The molecule has 0 saturated carbocycles. The summed E-state index contributed by atoms with van der Waals surface area (Å²) >= 11 is 0. The van der Waals surface area contributed by atoms with Crippen molar-refractivity contribution in [2.24, 2.45) is 0 Å². The third-order valence-corrected chi connectivity index (χ3v) is 3.50. The number of nitrogens with one attached hydrogen (secondary N) is 2. The SMILES string of the molecule is Cc1cccc(NS(=O)(=O)CCNC(C)C)c1. The molecule has 2 N–H and O–H groups in total. The number of hydrogen-bond acceptors (Lipinski definition) is 3. The molecule has 0 amide bonds. The quantitative estimate of drug-likeness (QED) is 0.815. The Bertz CT molecular complexity index is 455. The van der Waals surface area contributed by atoms with Gasteiger partial charge in [0.05, 0.1) is 5.75 Å². The minimum Gasteiger partial charge on any atom is -0.313 e. The van der Waals surface area contributed by atoms with Gasteiger partial charge in [-0.05, 0) is 24.6 Å². The second-order valence-corrected chi connectivity index (χ2v) is 6.24. The lowest BCUT2D eigenvalue weighted by molar-refractivity contribution is 0.582. The molecule has 0 aliphatic rings. The van der Waals surface area contributed by atoms with Crippen LogP contribution >= 0.6 is 0 Å². The smallest absolute Gasteiger partial charge is 0.233 e. The first-order valence-corrected chi connectivity index (χ1v) is 7.35. The van der Waals surface area contributed by atoms with E-state index < -0.39 is 10.0 Å². The molecule has 96 valence electrons. The summed E-state index contributed by atoms with van der Waals surface area (Å²) in [5.41, 5.74) is 1.65. The molecule has 17 heavy (non-hydrogen) atoms. The van der Waals surface area contributed by atoms with E-state index in [0.717, 1.165) is 5.56 Å². The Labute approximate surface area is 103 Å². The van der Waals surface area contributed by atoms with Crippen LogP contribution in [0.3, 0.4) is 0 Å². The average Bonchev–Trinajstić information content (AvgIpc) is 2.15. The summed E-state index contributed by atoms with van der Waals surface area (Å²) in [5, 5.41) is 3.08. The van der Waals surface area contributed by atoms with Gasteiger partial charge >= 0.3 is 0 Å². The molecule has 1 rings (SSSR count). The Balaban J connectivity index is 2.55. The van der Waals surface area contributed by atoms with Crippen molar-refractivity contribution in [1.29, 1.82) is 0 Å². The van der Waals surface area contributed by atoms with Gasteiger partial charge in [-0.15, -0.1) is 0 Å². The van der Waals surface area contributed by atoms with Crippen LogP contribution in [0.15, 0.2) is 24.3 Å². The molecule has 0 bridgehead atoms. The first-order valence-electron chi connectivity index (χ1n) is 5.69.